The second-order valence-electron chi connectivity index (χ2n) is 9.75. The number of rotatable bonds is 1. The average Bonchev–Trinajstić information content (AvgIpc) is 2.98. The summed E-state index contributed by atoms with van der Waals surface area (Å²) in [6, 6.07) is 9.03. The number of nitriles is 2. The van der Waals surface area contributed by atoms with E-state index in [9.17, 15) is 10.5 Å². The fraction of sp³-hybridized carbons (Fsp3) is 0.370. The van der Waals surface area contributed by atoms with Crippen LogP contribution in [-0.2, 0) is 0 Å². The molecular weight excluding hydrogens is 394 g/mol. The van der Waals surface area contributed by atoms with E-state index in [0.29, 0.717) is 22.7 Å². The smallest absolute Gasteiger partial charge is 0.142 e. The Balaban J connectivity index is 1.96. The molecule has 0 fully saturated rings. The maximum absolute atomic E-state index is 9.81. The summed E-state index contributed by atoms with van der Waals surface area (Å²) in [5.74, 6) is 0.625. The fourth-order valence-electron chi connectivity index (χ4n) is 5.24. The zero-order valence-corrected chi connectivity index (χ0v) is 19.9. The van der Waals surface area contributed by atoms with E-state index < -0.39 is 0 Å². The van der Waals surface area contributed by atoms with Gasteiger partial charge in [0.25, 0.3) is 0 Å². The highest BCUT2D eigenvalue weighted by Crippen LogP contribution is 2.46. The van der Waals surface area contributed by atoms with Crippen LogP contribution < -0.4 is 10.6 Å². The molecule has 1 aliphatic heterocycles. The Hall–Kier alpha value is -3.57. The molecule has 0 amide bonds. The van der Waals surface area contributed by atoms with Crippen LogP contribution in [0.25, 0.3) is 17.2 Å². The van der Waals surface area contributed by atoms with E-state index in [1.54, 1.807) is 0 Å². The van der Waals surface area contributed by atoms with Crippen molar-refractivity contribution in [3.05, 3.63) is 56.8 Å². The summed E-state index contributed by atoms with van der Waals surface area (Å²) in [4.78, 5) is 6.82. The summed E-state index contributed by atoms with van der Waals surface area (Å²) in [7, 11) is 2.17. The lowest BCUT2D eigenvalue weighted by molar-refractivity contribution is 0.395. The number of nitrogens with two attached hydrogens (primary N) is 1. The predicted octanol–water partition coefficient (Wildman–Crippen LogP) is 5.73. The lowest BCUT2D eigenvalue weighted by Crippen LogP contribution is -2.45. The van der Waals surface area contributed by atoms with E-state index in [0.717, 1.165) is 34.3 Å². The molecule has 1 aromatic carbocycles. The van der Waals surface area contributed by atoms with Gasteiger partial charge in [0.2, 0.25) is 0 Å². The van der Waals surface area contributed by atoms with Crippen molar-refractivity contribution < 1.29 is 0 Å². The number of fused-ring (bicyclic) bond motifs is 2. The molecule has 2 heterocycles. The number of allylic oxidation sites excluding steroid dienone is 3. The number of benzene rings is 1. The quantitative estimate of drug-likeness (QED) is 0.633. The summed E-state index contributed by atoms with van der Waals surface area (Å²) in [5.41, 5.74) is 16.0. The van der Waals surface area contributed by atoms with Crippen LogP contribution in [0, 0.1) is 36.5 Å². The first-order chi connectivity index (χ1) is 15.0. The van der Waals surface area contributed by atoms with Gasteiger partial charge in [-0.3, -0.25) is 0 Å². The van der Waals surface area contributed by atoms with E-state index in [1.807, 2.05) is 13.8 Å². The zero-order chi connectivity index (χ0) is 23.5. The number of aryl methyl sites for hydroxylation is 1. The topological polar surface area (TPSA) is 89.7 Å². The molecule has 0 radical (unpaired) electrons. The standard InChI is InChI=1S/C27H29N5/c1-14-8-23-19(15(2)11-27(5,6)32(23)7)9-18(14)10-20-16(3)21(12-28)25-24(20)17(4)22(13-29)26(30)31-25/h8-10,15H,11H2,1-7H3,(H2,30,31)/b20-10-/t15-/m0/s1. The molecule has 0 unspecified atom stereocenters. The SMILES string of the molecule is CC1=C(C#N)c2nc(N)c(C#N)c(C)c2/C1=C\c1cc2c(cc1C)N(C)C(C)(C)C[C@@H]2C. The summed E-state index contributed by atoms with van der Waals surface area (Å²) in [5, 5.41) is 19.4. The number of hydrogen-bond donors (Lipinski definition) is 1. The van der Waals surface area contributed by atoms with Crippen molar-refractivity contribution in [2.24, 2.45) is 0 Å². The van der Waals surface area contributed by atoms with Gasteiger partial charge in [-0.05, 0) is 98.6 Å². The molecule has 1 atom stereocenters. The third kappa shape index (κ3) is 3.00. The Morgan fingerprint density at radius 3 is 2.50 bits per heavy atom. The summed E-state index contributed by atoms with van der Waals surface area (Å²) >= 11 is 0. The molecule has 2 aromatic rings. The molecule has 0 bridgehead atoms. The van der Waals surface area contributed by atoms with Crippen LogP contribution in [0.2, 0.25) is 0 Å². The third-order valence-corrected chi connectivity index (χ3v) is 7.31. The van der Waals surface area contributed by atoms with Crippen molar-refractivity contribution in [2.45, 2.75) is 59.4 Å². The third-order valence-electron chi connectivity index (χ3n) is 7.31. The molecule has 1 aliphatic carbocycles. The normalized spacial score (nSPS) is 20.1. The highest BCUT2D eigenvalue weighted by molar-refractivity contribution is 6.09. The van der Waals surface area contributed by atoms with Gasteiger partial charge in [-0.1, -0.05) is 6.92 Å². The molecular formula is C27H29N5. The molecule has 5 nitrogen and oxygen atoms in total. The molecule has 162 valence electrons. The van der Waals surface area contributed by atoms with E-state index >= 15 is 0 Å². The molecule has 5 heteroatoms. The van der Waals surface area contributed by atoms with Crippen LogP contribution in [0.3, 0.4) is 0 Å². The second kappa shape index (κ2) is 7.24. The van der Waals surface area contributed by atoms with Crippen LogP contribution in [-0.4, -0.2) is 17.6 Å². The largest absolute Gasteiger partial charge is 0.383 e. The van der Waals surface area contributed by atoms with Gasteiger partial charge in [-0.25, -0.2) is 4.98 Å². The number of anilines is 2. The second-order valence-corrected chi connectivity index (χ2v) is 9.75. The summed E-state index contributed by atoms with van der Waals surface area (Å²) in [6.45, 7) is 12.8. The fourth-order valence-corrected chi connectivity index (χ4v) is 5.24. The van der Waals surface area contributed by atoms with Gasteiger partial charge in [-0.2, -0.15) is 10.5 Å². The predicted molar refractivity (Wildman–Crippen MR) is 131 cm³/mol. The van der Waals surface area contributed by atoms with Gasteiger partial charge in [0.15, 0.2) is 0 Å². The van der Waals surface area contributed by atoms with Crippen LogP contribution in [0.15, 0.2) is 17.7 Å². The van der Waals surface area contributed by atoms with Gasteiger partial charge >= 0.3 is 0 Å². The van der Waals surface area contributed by atoms with Crippen molar-refractivity contribution in [1.82, 2.24) is 4.98 Å². The van der Waals surface area contributed by atoms with E-state index in [2.05, 4.69) is 75.0 Å². The van der Waals surface area contributed by atoms with Crippen LogP contribution in [0.4, 0.5) is 11.5 Å². The van der Waals surface area contributed by atoms with Crippen molar-refractivity contribution in [3.8, 4) is 12.1 Å². The minimum absolute atomic E-state index is 0.112. The van der Waals surface area contributed by atoms with Gasteiger partial charge in [0, 0.05) is 23.8 Å². The zero-order valence-electron chi connectivity index (χ0n) is 19.9. The Bertz CT molecular complexity index is 1310. The lowest BCUT2D eigenvalue weighted by Gasteiger charge is -2.45. The van der Waals surface area contributed by atoms with Gasteiger partial charge in [0.05, 0.1) is 16.8 Å². The number of nitrogens with zero attached hydrogens (tertiary/aromatic N) is 4. The molecule has 2 aliphatic rings. The molecule has 1 aromatic heterocycles. The first-order valence-corrected chi connectivity index (χ1v) is 10.9. The van der Waals surface area contributed by atoms with Crippen molar-refractivity contribution in [1.29, 1.82) is 10.5 Å². The van der Waals surface area contributed by atoms with E-state index in [1.165, 1.54) is 16.8 Å². The van der Waals surface area contributed by atoms with Crippen LogP contribution in [0.5, 0.6) is 0 Å². The highest BCUT2D eigenvalue weighted by atomic mass is 15.2. The van der Waals surface area contributed by atoms with Crippen molar-refractivity contribution >= 4 is 28.7 Å². The van der Waals surface area contributed by atoms with Gasteiger partial charge in [-0.15, -0.1) is 0 Å². The van der Waals surface area contributed by atoms with Crippen molar-refractivity contribution in [2.75, 3.05) is 17.7 Å². The number of aromatic nitrogens is 1. The van der Waals surface area contributed by atoms with Crippen LogP contribution in [0.1, 0.15) is 79.1 Å². The van der Waals surface area contributed by atoms with Gasteiger partial charge < -0.3 is 10.6 Å². The minimum atomic E-state index is 0.112. The average molecular weight is 424 g/mol. The summed E-state index contributed by atoms with van der Waals surface area (Å²) < 4.78 is 0. The number of nitrogen functional groups attached to an aromatic ring is 1. The van der Waals surface area contributed by atoms with Crippen LogP contribution >= 0.6 is 0 Å². The maximum atomic E-state index is 9.81. The molecule has 4 rings (SSSR count). The molecule has 0 spiro atoms. The molecule has 32 heavy (non-hydrogen) atoms. The Labute approximate surface area is 190 Å². The monoisotopic (exact) mass is 423 g/mol. The Morgan fingerprint density at radius 1 is 1.19 bits per heavy atom. The molecule has 0 saturated carbocycles. The number of hydrogen-bond acceptors (Lipinski definition) is 5. The molecule has 0 saturated heterocycles. The highest BCUT2D eigenvalue weighted by Gasteiger charge is 2.35. The first-order valence-electron chi connectivity index (χ1n) is 10.9. The van der Waals surface area contributed by atoms with Gasteiger partial charge in [0.1, 0.15) is 18.0 Å². The Kier molecular flexibility index (Phi) is 4.90. The number of pyridine rings is 1. The van der Waals surface area contributed by atoms with E-state index in [-0.39, 0.29) is 11.4 Å². The van der Waals surface area contributed by atoms with E-state index in [4.69, 9.17) is 5.73 Å². The molecule has 2 N–H and O–H groups in total. The first kappa shape index (κ1) is 21.7. The lowest BCUT2D eigenvalue weighted by atomic mass is 9.79. The minimum Gasteiger partial charge on any atom is -0.383 e. The summed E-state index contributed by atoms with van der Waals surface area (Å²) in [6.07, 6.45) is 3.23. The maximum Gasteiger partial charge on any atom is 0.142 e. The van der Waals surface area contributed by atoms with Crippen molar-refractivity contribution in [3.63, 3.8) is 0 Å². The Morgan fingerprint density at radius 2 is 1.88 bits per heavy atom.